The van der Waals surface area contributed by atoms with E-state index in [-0.39, 0.29) is 23.0 Å². The molecule has 2 rings (SSSR count). The molecule has 0 spiro atoms. The summed E-state index contributed by atoms with van der Waals surface area (Å²) in [5.74, 6) is -0.994. The Labute approximate surface area is 108 Å². The van der Waals surface area contributed by atoms with Crippen LogP contribution in [0.5, 0.6) is 0 Å². The summed E-state index contributed by atoms with van der Waals surface area (Å²) in [6, 6.07) is 1.99. The van der Waals surface area contributed by atoms with Gasteiger partial charge in [0.1, 0.15) is 16.0 Å². The molecule has 0 aromatic carbocycles. The number of Topliss-reactive ketones (excluding diaryl/α,β-unsaturated/α-hetero) is 1. The number of hydrogen-bond acceptors (Lipinski definition) is 6. The van der Waals surface area contributed by atoms with Gasteiger partial charge >= 0.3 is 5.97 Å². The third-order valence-electron chi connectivity index (χ3n) is 2.63. The van der Waals surface area contributed by atoms with Crippen LogP contribution >= 0.6 is 11.3 Å². The molecular weight excluding hydrogens is 278 g/mol. The number of carbonyl (C=O) groups is 2. The summed E-state index contributed by atoms with van der Waals surface area (Å²) >= 11 is 1.05. The first-order chi connectivity index (χ1) is 8.46. The first kappa shape index (κ1) is 13.2. The topological polar surface area (TPSA) is 80.8 Å². The molecule has 1 aromatic rings. The van der Waals surface area contributed by atoms with Gasteiger partial charge < -0.3 is 4.74 Å². The van der Waals surface area contributed by atoms with Crippen LogP contribution in [0.25, 0.3) is 0 Å². The van der Waals surface area contributed by atoms with Crippen molar-refractivity contribution in [1.82, 2.24) is 4.31 Å². The van der Waals surface area contributed by atoms with E-state index in [9.17, 15) is 18.0 Å². The lowest BCUT2D eigenvalue weighted by molar-refractivity contribution is -0.144. The van der Waals surface area contributed by atoms with Gasteiger partial charge in [-0.05, 0) is 11.4 Å². The molecule has 1 fully saturated rings. The Bertz CT molecular complexity index is 563. The number of thiophene rings is 1. The fourth-order valence-electron chi connectivity index (χ4n) is 1.78. The molecule has 0 amide bonds. The molecule has 1 aromatic heterocycles. The fraction of sp³-hybridized carbons (Fsp3) is 0.400. The molecule has 1 saturated heterocycles. The van der Waals surface area contributed by atoms with Crippen LogP contribution in [-0.2, 0) is 24.3 Å². The van der Waals surface area contributed by atoms with Crippen molar-refractivity contribution in [3.8, 4) is 0 Å². The summed E-state index contributed by atoms with van der Waals surface area (Å²) in [5, 5.41) is 1.62. The molecule has 1 atom stereocenters. The monoisotopic (exact) mass is 289 g/mol. The minimum absolute atomic E-state index is 0.117. The molecule has 8 heteroatoms. The van der Waals surface area contributed by atoms with Gasteiger partial charge in [0.05, 0.1) is 13.7 Å². The van der Waals surface area contributed by atoms with Gasteiger partial charge in [-0.2, -0.15) is 4.31 Å². The van der Waals surface area contributed by atoms with Crippen molar-refractivity contribution in [3.63, 3.8) is 0 Å². The summed E-state index contributed by atoms with van der Waals surface area (Å²) in [4.78, 5) is 22.9. The number of sulfonamides is 1. The normalized spacial score (nSPS) is 21.2. The summed E-state index contributed by atoms with van der Waals surface area (Å²) in [6.07, 6.45) is -0.128. The molecule has 6 nitrogen and oxygen atoms in total. The highest BCUT2D eigenvalue weighted by Crippen LogP contribution is 2.27. The van der Waals surface area contributed by atoms with E-state index < -0.39 is 22.0 Å². The number of nitrogens with zero attached hydrogens (tertiary/aromatic N) is 1. The lowest BCUT2D eigenvalue weighted by Gasteiger charge is -2.20. The average molecular weight is 289 g/mol. The third kappa shape index (κ3) is 2.18. The number of methoxy groups -OCH3 is 1. The molecule has 1 aliphatic heterocycles. The van der Waals surface area contributed by atoms with Crippen LogP contribution in [0.3, 0.4) is 0 Å². The first-order valence-corrected chi connectivity index (χ1v) is 7.43. The van der Waals surface area contributed by atoms with Crippen molar-refractivity contribution < 1.29 is 22.7 Å². The van der Waals surface area contributed by atoms with E-state index in [0.717, 1.165) is 15.6 Å². The average Bonchev–Trinajstić information content (AvgIpc) is 2.96. The Kier molecular flexibility index (Phi) is 3.51. The number of ketones is 1. The van der Waals surface area contributed by atoms with Gasteiger partial charge in [0.15, 0.2) is 0 Å². The smallest absolute Gasteiger partial charge is 0.324 e. The van der Waals surface area contributed by atoms with Gasteiger partial charge in [0.25, 0.3) is 10.0 Å². The Balaban J connectivity index is 2.37. The summed E-state index contributed by atoms with van der Waals surface area (Å²) in [5.41, 5.74) is 0. The predicted molar refractivity (Wildman–Crippen MR) is 63.6 cm³/mol. The van der Waals surface area contributed by atoms with Crippen LogP contribution in [0.1, 0.15) is 6.42 Å². The SMILES string of the molecule is COC(=O)[C@@H]1CC(=O)CN1S(=O)(=O)c1cccs1. The molecule has 2 heterocycles. The lowest BCUT2D eigenvalue weighted by Crippen LogP contribution is -2.40. The second kappa shape index (κ2) is 4.79. The number of carbonyl (C=O) groups excluding carboxylic acids is 2. The van der Waals surface area contributed by atoms with Gasteiger partial charge in [-0.15, -0.1) is 11.3 Å². The van der Waals surface area contributed by atoms with Crippen LogP contribution in [0.4, 0.5) is 0 Å². The third-order valence-corrected chi connectivity index (χ3v) is 5.86. The van der Waals surface area contributed by atoms with E-state index in [4.69, 9.17) is 0 Å². The van der Waals surface area contributed by atoms with E-state index in [0.29, 0.717) is 0 Å². The van der Waals surface area contributed by atoms with E-state index >= 15 is 0 Å². The largest absolute Gasteiger partial charge is 0.468 e. The maximum Gasteiger partial charge on any atom is 0.324 e. The van der Waals surface area contributed by atoms with E-state index in [1.54, 1.807) is 11.4 Å². The van der Waals surface area contributed by atoms with Gasteiger partial charge in [-0.1, -0.05) is 6.07 Å². The lowest BCUT2D eigenvalue weighted by atomic mass is 10.2. The Hall–Kier alpha value is -1.25. The molecule has 18 heavy (non-hydrogen) atoms. The zero-order valence-electron chi connectivity index (χ0n) is 9.53. The van der Waals surface area contributed by atoms with Crippen molar-refractivity contribution >= 4 is 33.1 Å². The zero-order valence-corrected chi connectivity index (χ0v) is 11.2. The Morgan fingerprint density at radius 2 is 2.28 bits per heavy atom. The highest BCUT2D eigenvalue weighted by molar-refractivity contribution is 7.91. The molecule has 98 valence electrons. The van der Waals surface area contributed by atoms with Crippen LogP contribution in [0.15, 0.2) is 21.7 Å². The Morgan fingerprint density at radius 1 is 1.56 bits per heavy atom. The summed E-state index contributed by atoms with van der Waals surface area (Å²) in [7, 11) is -2.63. The minimum atomic E-state index is -3.80. The maximum atomic E-state index is 12.2. The summed E-state index contributed by atoms with van der Waals surface area (Å²) < 4.78 is 30.1. The quantitative estimate of drug-likeness (QED) is 0.745. The molecule has 0 radical (unpaired) electrons. The summed E-state index contributed by atoms with van der Waals surface area (Å²) in [6.45, 7) is -0.278. The molecule has 0 aliphatic carbocycles. The van der Waals surface area contributed by atoms with Crippen molar-refractivity contribution in [3.05, 3.63) is 17.5 Å². The van der Waals surface area contributed by atoms with Crippen molar-refractivity contribution in [2.45, 2.75) is 16.7 Å². The number of rotatable bonds is 3. The second-order valence-electron chi connectivity index (χ2n) is 3.76. The molecule has 0 bridgehead atoms. The van der Waals surface area contributed by atoms with Crippen molar-refractivity contribution in [2.75, 3.05) is 13.7 Å². The minimum Gasteiger partial charge on any atom is -0.468 e. The van der Waals surface area contributed by atoms with Gasteiger partial charge in [-0.25, -0.2) is 8.42 Å². The van der Waals surface area contributed by atoms with Crippen LogP contribution in [0.2, 0.25) is 0 Å². The molecule has 1 aliphatic rings. The predicted octanol–water partition coefficient (Wildman–Crippen LogP) is 0.253. The fourth-order valence-corrected chi connectivity index (χ4v) is 4.46. The van der Waals surface area contributed by atoms with Gasteiger partial charge in [-0.3, -0.25) is 9.59 Å². The molecular formula is C10H11NO5S2. The second-order valence-corrected chi connectivity index (χ2v) is 6.83. The molecule has 0 saturated carbocycles. The molecule has 0 N–H and O–H groups in total. The van der Waals surface area contributed by atoms with Gasteiger partial charge in [0, 0.05) is 6.42 Å². The highest BCUT2D eigenvalue weighted by atomic mass is 32.2. The van der Waals surface area contributed by atoms with Gasteiger partial charge in [0.2, 0.25) is 0 Å². The van der Waals surface area contributed by atoms with Crippen LogP contribution in [0, 0.1) is 0 Å². The zero-order chi connectivity index (χ0) is 13.3. The standard InChI is InChI=1S/C10H11NO5S2/c1-16-10(13)8-5-7(12)6-11(8)18(14,15)9-3-2-4-17-9/h2-4,8H,5-6H2,1H3/t8-/m0/s1. The van der Waals surface area contributed by atoms with Crippen molar-refractivity contribution in [2.24, 2.45) is 0 Å². The molecule has 0 unspecified atom stereocenters. The first-order valence-electron chi connectivity index (χ1n) is 5.11. The number of hydrogen-bond donors (Lipinski definition) is 0. The number of ether oxygens (including phenoxy) is 1. The van der Waals surface area contributed by atoms with Crippen LogP contribution in [-0.4, -0.2) is 44.2 Å². The van der Waals surface area contributed by atoms with E-state index in [1.165, 1.54) is 13.2 Å². The van der Waals surface area contributed by atoms with Crippen LogP contribution < -0.4 is 0 Å². The Morgan fingerprint density at radius 3 is 2.83 bits per heavy atom. The van der Waals surface area contributed by atoms with Crippen molar-refractivity contribution in [1.29, 1.82) is 0 Å². The van der Waals surface area contributed by atoms with E-state index in [1.807, 2.05) is 0 Å². The van der Waals surface area contributed by atoms with E-state index in [2.05, 4.69) is 4.74 Å². The highest BCUT2D eigenvalue weighted by Gasteiger charge is 2.44. The number of esters is 1. The maximum absolute atomic E-state index is 12.2.